The van der Waals surface area contributed by atoms with Crippen LogP contribution in [0.25, 0.3) is 16.5 Å². The van der Waals surface area contributed by atoms with Crippen molar-refractivity contribution < 1.29 is 13.5 Å². The summed E-state index contributed by atoms with van der Waals surface area (Å²) in [6, 6.07) is 23.4. The lowest BCUT2D eigenvalue weighted by molar-refractivity contribution is 0.167. The Morgan fingerprint density at radius 2 is 1.58 bits per heavy atom. The van der Waals surface area contributed by atoms with Gasteiger partial charge in [0.15, 0.2) is 0 Å². The molecule has 0 amide bonds. The smallest absolute Gasteiger partial charge is 0.243 e. The molecule has 38 heavy (non-hydrogen) atoms. The van der Waals surface area contributed by atoms with Crippen molar-refractivity contribution in [1.29, 1.82) is 0 Å². The Balaban J connectivity index is 1.36. The molecule has 7 heteroatoms. The predicted molar refractivity (Wildman–Crippen MR) is 155 cm³/mol. The number of anilines is 1. The summed E-state index contributed by atoms with van der Waals surface area (Å²) in [5.74, 6) is 0. The standard InChI is InChI=1S/C31H35N3O3S/c1-22-8-12-26(13-9-22)32-20-27(35)21-34-24(3)31(29-6-4-5-7-30(29)34)25-16-18-33(19-17-25)38(36,37)28-14-10-23(2)11-15-28/h4-16,27,32,35H,17-21H2,1-3H3/t27-/m0/s1. The van der Waals surface area contributed by atoms with Crippen LogP contribution in [0.3, 0.4) is 0 Å². The average Bonchev–Trinajstić information content (AvgIpc) is 3.19. The van der Waals surface area contributed by atoms with Crippen LogP contribution >= 0.6 is 0 Å². The Labute approximate surface area is 225 Å². The van der Waals surface area contributed by atoms with Crippen LogP contribution in [0.2, 0.25) is 0 Å². The number of nitrogens with one attached hydrogen (secondary N) is 1. The van der Waals surface area contributed by atoms with Crippen molar-refractivity contribution in [1.82, 2.24) is 8.87 Å². The number of benzene rings is 3. The zero-order valence-electron chi connectivity index (χ0n) is 22.2. The van der Waals surface area contributed by atoms with Gasteiger partial charge in [-0.3, -0.25) is 0 Å². The van der Waals surface area contributed by atoms with Gasteiger partial charge in [0.1, 0.15) is 0 Å². The molecule has 4 aromatic rings. The van der Waals surface area contributed by atoms with Gasteiger partial charge in [-0.2, -0.15) is 4.31 Å². The number of hydrogen-bond donors (Lipinski definition) is 2. The first-order chi connectivity index (χ1) is 18.2. The monoisotopic (exact) mass is 529 g/mol. The number of para-hydroxylation sites is 1. The molecule has 0 aliphatic carbocycles. The van der Waals surface area contributed by atoms with Crippen molar-refractivity contribution in [3.63, 3.8) is 0 Å². The zero-order chi connectivity index (χ0) is 26.9. The Kier molecular flexibility index (Phi) is 7.43. The fraction of sp³-hybridized carbons (Fsp3) is 0.290. The van der Waals surface area contributed by atoms with E-state index in [0.717, 1.165) is 39.0 Å². The average molecular weight is 530 g/mol. The minimum absolute atomic E-state index is 0.334. The van der Waals surface area contributed by atoms with Crippen LogP contribution in [0.15, 0.2) is 83.8 Å². The highest BCUT2D eigenvalue weighted by atomic mass is 32.2. The van der Waals surface area contributed by atoms with Gasteiger partial charge in [-0.25, -0.2) is 8.42 Å². The molecular formula is C31H35N3O3S. The van der Waals surface area contributed by atoms with E-state index in [1.54, 1.807) is 16.4 Å². The second-order valence-electron chi connectivity index (χ2n) is 10.1. The number of aliphatic hydroxyl groups excluding tert-OH is 1. The van der Waals surface area contributed by atoms with E-state index in [1.165, 1.54) is 5.56 Å². The van der Waals surface area contributed by atoms with Crippen molar-refractivity contribution in [2.24, 2.45) is 0 Å². The second kappa shape index (κ2) is 10.8. The number of rotatable bonds is 8. The van der Waals surface area contributed by atoms with Crippen LogP contribution in [0.4, 0.5) is 5.69 Å². The Bertz CT molecular complexity index is 1570. The highest BCUT2D eigenvalue weighted by Crippen LogP contribution is 2.35. The van der Waals surface area contributed by atoms with E-state index in [0.29, 0.717) is 37.5 Å². The molecule has 5 rings (SSSR count). The molecule has 1 atom stereocenters. The number of sulfonamides is 1. The van der Waals surface area contributed by atoms with E-state index in [1.807, 2.05) is 49.4 Å². The maximum Gasteiger partial charge on any atom is 0.243 e. The molecule has 0 saturated carbocycles. The Morgan fingerprint density at radius 3 is 2.24 bits per heavy atom. The molecule has 3 aromatic carbocycles. The van der Waals surface area contributed by atoms with Crippen LogP contribution < -0.4 is 5.32 Å². The first-order valence-electron chi connectivity index (χ1n) is 13.1. The fourth-order valence-corrected chi connectivity index (χ4v) is 6.59. The highest BCUT2D eigenvalue weighted by Gasteiger charge is 2.28. The number of aliphatic hydroxyl groups is 1. The van der Waals surface area contributed by atoms with Gasteiger partial charge in [0.2, 0.25) is 10.0 Å². The molecule has 0 fully saturated rings. The van der Waals surface area contributed by atoms with Crippen LogP contribution in [0.1, 0.15) is 28.8 Å². The SMILES string of the molecule is Cc1ccc(NC[C@H](O)Cn2c(C)c(C3=CCN(S(=O)(=O)c4ccc(C)cc4)CC3)c3ccccc32)cc1. The summed E-state index contributed by atoms with van der Waals surface area (Å²) in [6.07, 6.45) is 2.11. The van der Waals surface area contributed by atoms with E-state index in [4.69, 9.17) is 0 Å². The summed E-state index contributed by atoms with van der Waals surface area (Å²) in [5, 5.41) is 15.4. The molecular weight excluding hydrogens is 494 g/mol. The van der Waals surface area contributed by atoms with Crippen LogP contribution in [-0.2, 0) is 16.6 Å². The molecule has 0 saturated heterocycles. The van der Waals surface area contributed by atoms with E-state index in [9.17, 15) is 13.5 Å². The molecule has 6 nitrogen and oxygen atoms in total. The molecule has 198 valence electrons. The minimum Gasteiger partial charge on any atom is -0.389 e. The molecule has 0 radical (unpaired) electrons. The maximum absolute atomic E-state index is 13.2. The van der Waals surface area contributed by atoms with Gasteiger partial charge in [-0.1, -0.05) is 59.7 Å². The van der Waals surface area contributed by atoms with Gasteiger partial charge in [0, 0.05) is 47.5 Å². The van der Waals surface area contributed by atoms with E-state index < -0.39 is 16.1 Å². The Morgan fingerprint density at radius 1 is 0.921 bits per heavy atom. The Hall–Kier alpha value is -3.39. The van der Waals surface area contributed by atoms with Gasteiger partial charge < -0.3 is 15.0 Å². The summed E-state index contributed by atoms with van der Waals surface area (Å²) < 4.78 is 30.1. The van der Waals surface area contributed by atoms with Crippen LogP contribution in [0, 0.1) is 20.8 Å². The minimum atomic E-state index is -3.54. The number of hydrogen-bond acceptors (Lipinski definition) is 4. The van der Waals surface area contributed by atoms with Gasteiger partial charge in [0.25, 0.3) is 0 Å². The van der Waals surface area contributed by atoms with Crippen molar-refractivity contribution in [2.45, 2.75) is 44.7 Å². The number of nitrogens with zero attached hydrogens (tertiary/aromatic N) is 2. The molecule has 0 spiro atoms. The van der Waals surface area contributed by atoms with E-state index >= 15 is 0 Å². The third-order valence-electron chi connectivity index (χ3n) is 7.37. The quantitative estimate of drug-likeness (QED) is 0.315. The summed E-state index contributed by atoms with van der Waals surface area (Å²) in [7, 11) is -3.54. The molecule has 1 aliphatic rings. The van der Waals surface area contributed by atoms with Crippen LogP contribution in [-0.4, -0.2) is 48.1 Å². The largest absolute Gasteiger partial charge is 0.389 e. The van der Waals surface area contributed by atoms with E-state index in [2.05, 4.69) is 48.0 Å². The molecule has 2 heterocycles. The highest BCUT2D eigenvalue weighted by molar-refractivity contribution is 7.89. The zero-order valence-corrected chi connectivity index (χ0v) is 23.0. The summed E-state index contributed by atoms with van der Waals surface area (Å²) in [4.78, 5) is 0.334. The van der Waals surface area contributed by atoms with Gasteiger partial charge >= 0.3 is 0 Å². The van der Waals surface area contributed by atoms with Crippen molar-refractivity contribution in [2.75, 3.05) is 25.0 Å². The van der Waals surface area contributed by atoms with Gasteiger partial charge in [0.05, 0.1) is 17.5 Å². The summed E-state index contributed by atoms with van der Waals surface area (Å²) in [6.45, 7) is 7.78. The van der Waals surface area contributed by atoms with Crippen molar-refractivity contribution in [3.05, 3.63) is 101 Å². The molecule has 0 unspecified atom stereocenters. The first kappa shape index (κ1) is 26.2. The van der Waals surface area contributed by atoms with Crippen molar-refractivity contribution >= 4 is 32.2 Å². The van der Waals surface area contributed by atoms with Gasteiger partial charge in [-0.15, -0.1) is 0 Å². The third-order valence-corrected chi connectivity index (χ3v) is 9.25. The van der Waals surface area contributed by atoms with E-state index in [-0.39, 0.29) is 0 Å². The first-order valence-corrected chi connectivity index (χ1v) is 14.5. The second-order valence-corrected chi connectivity index (χ2v) is 12.1. The molecule has 0 bridgehead atoms. The predicted octanol–water partition coefficient (Wildman–Crippen LogP) is 5.52. The molecule has 1 aliphatic heterocycles. The fourth-order valence-electron chi connectivity index (χ4n) is 5.21. The lowest BCUT2D eigenvalue weighted by Crippen LogP contribution is -2.34. The summed E-state index contributed by atoms with van der Waals surface area (Å²) in [5.41, 5.74) is 7.68. The molecule has 1 aromatic heterocycles. The third kappa shape index (κ3) is 5.27. The molecule has 2 N–H and O–H groups in total. The summed E-state index contributed by atoms with van der Waals surface area (Å²) >= 11 is 0. The van der Waals surface area contributed by atoms with Gasteiger partial charge in [-0.05, 0) is 63.1 Å². The number of aryl methyl sites for hydroxylation is 2. The lowest BCUT2D eigenvalue weighted by Gasteiger charge is -2.26. The normalized spacial score (nSPS) is 15.4. The maximum atomic E-state index is 13.2. The lowest BCUT2D eigenvalue weighted by atomic mass is 9.97. The van der Waals surface area contributed by atoms with Crippen molar-refractivity contribution in [3.8, 4) is 0 Å². The van der Waals surface area contributed by atoms with Crippen LogP contribution in [0.5, 0.6) is 0 Å². The number of fused-ring (bicyclic) bond motifs is 1. The number of aromatic nitrogens is 1. The topological polar surface area (TPSA) is 74.6 Å².